The maximum absolute atomic E-state index is 12.1. The summed E-state index contributed by atoms with van der Waals surface area (Å²) in [6.45, 7) is 0. The largest absolute Gasteiger partial charge is 0.471 e. The van der Waals surface area contributed by atoms with Crippen LogP contribution in [0, 0.1) is 11.3 Å². The maximum atomic E-state index is 12.1. The lowest BCUT2D eigenvalue weighted by Gasteiger charge is -2.08. The molecule has 2 aromatic rings. The van der Waals surface area contributed by atoms with E-state index in [1.165, 1.54) is 12.1 Å². The number of carbonyl (C=O) groups excluding carboxylic acids is 1. The number of rotatable bonds is 2. The van der Waals surface area contributed by atoms with E-state index < -0.39 is 12.1 Å². The molecule has 0 saturated carbocycles. The first-order chi connectivity index (χ1) is 8.91. The van der Waals surface area contributed by atoms with E-state index in [1.807, 2.05) is 6.07 Å². The van der Waals surface area contributed by atoms with Crippen molar-refractivity contribution in [2.75, 3.05) is 5.32 Å². The van der Waals surface area contributed by atoms with Gasteiger partial charge in [0, 0.05) is 22.8 Å². The third kappa shape index (κ3) is 2.68. The number of hydrogen-bond acceptors (Lipinski definition) is 2. The van der Waals surface area contributed by atoms with Gasteiger partial charge in [0.25, 0.3) is 0 Å². The molecule has 0 aliphatic rings. The topological polar surface area (TPSA) is 68.7 Å². The fourth-order valence-electron chi connectivity index (χ4n) is 1.69. The van der Waals surface area contributed by atoms with Crippen molar-refractivity contribution in [1.82, 2.24) is 4.98 Å². The molecule has 0 aliphatic heterocycles. The number of fused-ring (bicyclic) bond motifs is 1. The first-order valence-corrected chi connectivity index (χ1v) is 5.27. The molecule has 2 rings (SSSR count). The quantitative estimate of drug-likeness (QED) is 0.878. The van der Waals surface area contributed by atoms with E-state index in [9.17, 15) is 18.0 Å². The van der Waals surface area contributed by atoms with Crippen LogP contribution in [0.25, 0.3) is 10.9 Å². The van der Waals surface area contributed by atoms with Crippen molar-refractivity contribution in [3.8, 4) is 6.07 Å². The van der Waals surface area contributed by atoms with Crippen molar-refractivity contribution < 1.29 is 18.0 Å². The summed E-state index contributed by atoms with van der Waals surface area (Å²) < 4.78 is 36.4. The number of hydrogen-bond donors (Lipinski definition) is 2. The molecule has 1 aromatic carbocycles. The molecule has 19 heavy (non-hydrogen) atoms. The highest BCUT2D eigenvalue weighted by Crippen LogP contribution is 2.24. The van der Waals surface area contributed by atoms with Gasteiger partial charge in [0.15, 0.2) is 0 Å². The smallest absolute Gasteiger partial charge is 0.361 e. The predicted molar refractivity (Wildman–Crippen MR) is 62.3 cm³/mol. The van der Waals surface area contributed by atoms with Crippen molar-refractivity contribution in [1.29, 1.82) is 5.26 Å². The zero-order valence-corrected chi connectivity index (χ0v) is 9.51. The Balaban J connectivity index is 2.33. The first kappa shape index (κ1) is 13.0. The summed E-state index contributed by atoms with van der Waals surface area (Å²) in [4.78, 5) is 13.7. The lowest BCUT2D eigenvalue weighted by Crippen LogP contribution is -2.29. The molecule has 0 fully saturated rings. The van der Waals surface area contributed by atoms with Crippen LogP contribution in [0.2, 0.25) is 0 Å². The number of amides is 1. The summed E-state index contributed by atoms with van der Waals surface area (Å²) in [5.74, 6) is -2.02. The molecule has 0 bridgehead atoms. The monoisotopic (exact) mass is 267 g/mol. The lowest BCUT2D eigenvalue weighted by molar-refractivity contribution is -0.167. The predicted octanol–water partition coefficient (Wildman–Crippen LogP) is 2.73. The average Bonchev–Trinajstić information content (AvgIpc) is 2.71. The van der Waals surface area contributed by atoms with Crippen LogP contribution in [0.1, 0.15) is 5.56 Å². The number of halogens is 3. The molecule has 0 saturated heterocycles. The number of benzene rings is 1. The van der Waals surface area contributed by atoms with Crippen molar-refractivity contribution in [2.45, 2.75) is 12.6 Å². The lowest BCUT2D eigenvalue weighted by atomic mass is 10.1. The van der Waals surface area contributed by atoms with Crippen molar-refractivity contribution in [2.24, 2.45) is 0 Å². The molecule has 0 unspecified atom stereocenters. The third-order valence-electron chi connectivity index (χ3n) is 2.55. The number of aromatic nitrogens is 1. The Morgan fingerprint density at radius 1 is 1.42 bits per heavy atom. The minimum absolute atomic E-state index is 0.0358. The highest BCUT2D eigenvalue weighted by molar-refractivity contribution is 5.97. The van der Waals surface area contributed by atoms with Gasteiger partial charge in [-0.1, -0.05) is 0 Å². The Morgan fingerprint density at radius 3 is 2.79 bits per heavy atom. The summed E-state index contributed by atoms with van der Waals surface area (Å²) in [5, 5.41) is 11.0. The number of aromatic amines is 1. The zero-order valence-electron chi connectivity index (χ0n) is 9.51. The van der Waals surface area contributed by atoms with Crippen molar-refractivity contribution in [3.63, 3.8) is 0 Å². The SMILES string of the molecule is N#CCc1c[nH]c2ccc(NC(=O)C(F)(F)F)cc12. The van der Waals surface area contributed by atoms with E-state index >= 15 is 0 Å². The summed E-state index contributed by atoms with van der Waals surface area (Å²) in [7, 11) is 0. The van der Waals surface area contributed by atoms with E-state index in [0.29, 0.717) is 16.5 Å². The molecular weight excluding hydrogens is 259 g/mol. The van der Waals surface area contributed by atoms with Crippen LogP contribution in [0.4, 0.5) is 18.9 Å². The van der Waals surface area contributed by atoms with Gasteiger partial charge in [-0.2, -0.15) is 18.4 Å². The van der Waals surface area contributed by atoms with Crippen molar-refractivity contribution in [3.05, 3.63) is 30.0 Å². The van der Waals surface area contributed by atoms with Gasteiger partial charge < -0.3 is 10.3 Å². The minimum Gasteiger partial charge on any atom is -0.361 e. The first-order valence-electron chi connectivity index (χ1n) is 5.27. The molecule has 98 valence electrons. The molecule has 1 heterocycles. The molecule has 0 spiro atoms. The van der Waals surface area contributed by atoms with E-state index in [2.05, 4.69) is 4.98 Å². The van der Waals surface area contributed by atoms with E-state index in [1.54, 1.807) is 17.6 Å². The summed E-state index contributed by atoms with van der Waals surface area (Å²) in [6, 6.07) is 6.27. The molecule has 1 aromatic heterocycles. The van der Waals surface area contributed by atoms with E-state index in [0.717, 1.165) is 0 Å². The molecule has 4 nitrogen and oxygen atoms in total. The molecular formula is C12H8F3N3O. The third-order valence-corrected chi connectivity index (χ3v) is 2.55. The standard InChI is InChI=1S/C12H8F3N3O/c13-12(14,15)11(19)18-8-1-2-10-9(5-8)7(3-4-16)6-17-10/h1-2,5-6,17H,3H2,(H,18,19). The van der Waals surface area contributed by atoms with E-state index in [-0.39, 0.29) is 12.1 Å². The zero-order chi connectivity index (χ0) is 14.0. The van der Waals surface area contributed by atoms with Crippen LogP contribution in [0.3, 0.4) is 0 Å². The Labute approximate surface area is 105 Å². The summed E-state index contributed by atoms with van der Waals surface area (Å²) in [5.41, 5.74) is 1.39. The van der Waals surface area contributed by atoms with Gasteiger partial charge in [-0.25, -0.2) is 0 Å². The number of nitrogens with zero attached hydrogens (tertiary/aromatic N) is 1. The molecule has 7 heteroatoms. The summed E-state index contributed by atoms with van der Waals surface area (Å²) in [6.07, 6.45) is -3.18. The van der Waals surface area contributed by atoms with Crippen LogP contribution in [-0.4, -0.2) is 17.1 Å². The Kier molecular flexibility index (Phi) is 3.17. The van der Waals surface area contributed by atoms with Crippen LogP contribution in [-0.2, 0) is 11.2 Å². The highest BCUT2D eigenvalue weighted by Gasteiger charge is 2.38. The number of nitrogens with one attached hydrogen (secondary N) is 2. The van der Waals surface area contributed by atoms with Gasteiger partial charge in [-0.05, 0) is 23.8 Å². The average molecular weight is 267 g/mol. The van der Waals surface area contributed by atoms with Crippen LogP contribution in [0.15, 0.2) is 24.4 Å². The Morgan fingerprint density at radius 2 is 2.16 bits per heavy atom. The van der Waals surface area contributed by atoms with Gasteiger partial charge >= 0.3 is 12.1 Å². The van der Waals surface area contributed by atoms with Crippen molar-refractivity contribution >= 4 is 22.5 Å². The minimum atomic E-state index is -4.93. The molecule has 0 atom stereocenters. The number of alkyl halides is 3. The number of carbonyl (C=O) groups is 1. The van der Waals surface area contributed by atoms with Gasteiger partial charge in [0.1, 0.15) is 0 Å². The van der Waals surface area contributed by atoms with Crippen LogP contribution >= 0.6 is 0 Å². The second-order valence-electron chi connectivity index (χ2n) is 3.86. The molecule has 0 radical (unpaired) electrons. The molecule has 0 aliphatic carbocycles. The molecule has 1 amide bonds. The second kappa shape index (κ2) is 4.65. The normalized spacial score (nSPS) is 11.3. The van der Waals surface area contributed by atoms with Gasteiger partial charge in [0.2, 0.25) is 0 Å². The Bertz CT molecular complexity index is 667. The van der Waals surface area contributed by atoms with Gasteiger partial charge in [-0.15, -0.1) is 0 Å². The number of H-pyrrole nitrogens is 1. The van der Waals surface area contributed by atoms with Crippen LogP contribution < -0.4 is 5.32 Å². The fraction of sp³-hybridized carbons (Fsp3) is 0.167. The maximum Gasteiger partial charge on any atom is 0.471 e. The summed E-state index contributed by atoms with van der Waals surface area (Å²) >= 11 is 0. The Hall–Kier alpha value is -2.49. The number of anilines is 1. The van der Waals surface area contributed by atoms with Crippen LogP contribution in [0.5, 0.6) is 0 Å². The van der Waals surface area contributed by atoms with Gasteiger partial charge in [-0.3, -0.25) is 4.79 Å². The fourth-order valence-corrected chi connectivity index (χ4v) is 1.69. The second-order valence-corrected chi connectivity index (χ2v) is 3.86. The number of nitriles is 1. The highest BCUT2D eigenvalue weighted by atomic mass is 19.4. The molecule has 2 N–H and O–H groups in total. The van der Waals surface area contributed by atoms with E-state index in [4.69, 9.17) is 5.26 Å². The van der Waals surface area contributed by atoms with Gasteiger partial charge in [0.05, 0.1) is 12.5 Å².